The molecule has 0 heteroatoms. The second kappa shape index (κ2) is 10.1. The maximum absolute atomic E-state index is 2.40. The summed E-state index contributed by atoms with van der Waals surface area (Å²) in [5, 5.41) is 10.4. The number of allylic oxidation sites excluding steroid dienone is 1. The quantitative estimate of drug-likeness (QED) is 0.189. The SMILES string of the molecule is C1=Cc2c(ccc3cc4cc(-c5c6ccccc6c(-c6ccc(-c7ccccc7)cc6)c6ccccc56)ccc4cc23)CC1. The molecule has 8 aromatic carbocycles. The molecule has 44 heavy (non-hydrogen) atoms. The minimum Gasteiger partial charge on any atom is -0.0836 e. The Bertz CT molecular complexity index is 2350. The highest BCUT2D eigenvalue weighted by atomic mass is 14.2. The number of hydrogen-bond donors (Lipinski definition) is 0. The van der Waals surface area contributed by atoms with Crippen molar-refractivity contribution in [3.63, 3.8) is 0 Å². The molecule has 0 spiro atoms. The first-order valence-corrected chi connectivity index (χ1v) is 15.6. The van der Waals surface area contributed by atoms with Gasteiger partial charge in [-0.05, 0) is 119 Å². The van der Waals surface area contributed by atoms with Crippen LogP contribution in [0.15, 0.2) is 152 Å². The highest BCUT2D eigenvalue weighted by Crippen LogP contribution is 2.44. The van der Waals surface area contributed by atoms with Gasteiger partial charge in [-0.3, -0.25) is 0 Å². The van der Waals surface area contributed by atoms with Gasteiger partial charge in [0.2, 0.25) is 0 Å². The van der Waals surface area contributed by atoms with Crippen molar-refractivity contribution < 1.29 is 0 Å². The molecule has 0 aliphatic heterocycles. The maximum Gasteiger partial charge on any atom is -0.00262 e. The second-order valence-corrected chi connectivity index (χ2v) is 12.0. The van der Waals surface area contributed by atoms with E-state index in [1.807, 2.05) is 0 Å². The van der Waals surface area contributed by atoms with Gasteiger partial charge in [0.1, 0.15) is 0 Å². The summed E-state index contributed by atoms with van der Waals surface area (Å²) in [4.78, 5) is 0. The molecule has 0 aromatic heterocycles. The lowest BCUT2D eigenvalue weighted by molar-refractivity contribution is 0.990. The summed E-state index contributed by atoms with van der Waals surface area (Å²) in [7, 11) is 0. The van der Waals surface area contributed by atoms with Crippen molar-refractivity contribution in [2.75, 3.05) is 0 Å². The van der Waals surface area contributed by atoms with Gasteiger partial charge in [0, 0.05) is 0 Å². The topological polar surface area (TPSA) is 0 Å². The number of fused-ring (bicyclic) bond motifs is 6. The summed E-state index contributed by atoms with van der Waals surface area (Å²) >= 11 is 0. The number of hydrogen-bond acceptors (Lipinski definition) is 0. The Labute approximate surface area is 257 Å². The van der Waals surface area contributed by atoms with Crippen molar-refractivity contribution >= 4 is 49.2 Å². The lowest BCUT2D eigenvalue weighted by Gasteiger charge is -2.18. The normalized spacial score (nSPS) is 12.7. The van der Waals surface area contributed by atoms with Crippen LogP contribution in [0.25, 0.3) is 82.5 Å². The van der Waals surface area contributed by atoms with Crippen molar-refractivity contribution in [3.8, 4) is 33.4 Å². The molecule has 0 saturated heterocycles. The van der Waals surface area contributed by atoms with E-state index in [0.717, 1.165) is 12.8 Å². The Balaban J connectivity index is 1.25. The third kappa shape index (κ3) is 3.99. The molecule has 206 valence electrons. The van der Waals surface area contributed by atoms with Gasteiger partial charge in [-0.25, -0.2) is 0 Å². The van der Waals surface area contributed by atoms with E-state index in [1.54, 1.807) is 0 Å². The number of benzene rings is 8. The summed E-state index contributed by atoms with van der Waals surface area (Å²) < 4.78 is 0. The molecular weight excluding hydrogens is 528 g/mol. The molecule has 0 nitrogen and oxygen atoms in total. The largest absolute Gasteiger partial charge is 0.0836 e. The van der Waals surface area contributed by atoms with Crippen LogP contribution in [0.1, 0.15) is 17.5 Å². The smallest absolute Gasteiger partial charge is 0.00262 e. The lowest BCUT2D eigenvalue weighted by atomic mass is 9.85. The molecule has 0 N–H and O–H groups in total. The highest BCUT2D eigenvalue weighted by molar-refractivity contribution is 6.22. The molecule has 1 aliphatic rings. The molecule has 0 atom stereocenters. The Morgan fingerprint density at radius 1 is 0.364 bits per heavy atom. The highest BCUT2D eigenvalue weighted by Gasteiger charge is 2.17. The monoisotopic (exact) mass is 558 g/mol. The first kappa shape index (κ1) is 25.1. The molecule has 0 unspecified atom stereocenters. The van der Waals surface area contributed by atoms with E-state index in [-0.39, 0.29) is 0 Å². The number of rotatable bonds is 3. The van der Waals surface area contributed by atoms with Crippen LogP contribution in [0.3, 0.4) is 0 Å². The molecule has 0 bridgehead atoms. The zero-order chi connectivity index (χ0) is 29.0. The molecule has 0 amide bonds. The van der Waals surface area contributed by atoms with Gasteiger partial charge in [0.15, 0.2) is 0 Å². The standard InChI is InChI=1S/C44H30/c1-2-10-29(11-3-1)30-18-21-32(22-19-30)43-38-14-6-8-16-40(38)44(41-17-9-7-15-39(41)43)35-25-23-33-28-42-34(26-36(33)27-35)24-20-31-12-4-5-13-37(31)42/h1-3,5-11,13-28H,4,12H2. The average molecular weight is 559 g/mol. The third-order valence-electron chi connectivity index (χ3n) is 9.47. The summed E-state index contributed by atoms with van der Waals surface area (Å²) in [5.41, 5.74) is 10.4. The van der Waals surface area contributed by atoms with Gasteiger partial charge in [-0.1, -0.05) is 140 Å². The Morgan fingerprint density at radius 3 is 1.64 bits per heavy atom. The van der Waals surface area contributed by atoms with Crippen molar-refractivity contribution in [2.24, 2.45) is 0 Å². The van der Waals surface area contributed by atoms with Gasteiger partial charge in [0.05, 0.1) is 0 Å². The zero-order valence-electron chi connectivity index (χ0n) is 24.4. The molecule has 0 heterocycles. The van der Waals surface area contributed by atoms with Gasteiger partial charge >= 0.3 is 0 Å². The summed E-state index contributed by atoms with van der Waals surface area (Å²) in [6.07, 6.45) is 6.89. The third-order valence-corrected chi connectivity index (χ3v) is 9.47. The van der Waals surface area contributed by atoms with Crippen molar-refractivity contribution in [1.82, 2.24) is 0 Å². The van der Waals surface area contributed by atoms with E-state index < -0.39 is 0 Å². The van der Waals surface area contributed by atoms with Crippen LogP contribution >= 0.6 is 0 Å². The fourth-order valence-electron chi connectivity index (χ4n) is 7.36. The van der Waals surface area contributed by atoms with Crippen LogP contribution in [-0.2, 0) is 6.42 Å². The molecule has 9 rings (SSSR count). The predicted molar refractivity (Wildman–Crippen MR) is 190 cm³/mol. The average Bonchev–Trinajstić information content (AvgIpc) is 3.10. The minimum atomic E-state index is 1.13. The van der Waals surface area contributed by atoms with Crippen LogP contribution in [-0.4, -0.2) is 0 Å². The van der Waals surface area contributed by atoms with E-state index in [2.05, 4.69) is 158 Å². The molecule has 1 aliphatic carbocycles. The van der Waals surface area contributed by atoms with Gasteiger partial charge in [-0.2, -0.15) is 0 Å². The fraction of sp³-hybridized carbons (Fsp3) is 0.0455. The first-order chi connectivity index (χ1) is 21.8. The molecule has 0 saturated carbocycles. The number of aryl methyl sites for hydroxylation is 1. The second-order valence-electron chi connectivity index (χ2n) is 12.0. The van der Waals surface area contributed by atoms with Crippen molar-refractivity contribution in [1.29, 1.82) is 0 Å². The van der Waals surface area contributed by atoms with Gasteiger partial charge in [-0.15, -0.1) is 0 Å². The van der Waals surface area contributed by atoms with Crippen molar-refractivity contribution in [2.45, 2.75) is 12.8 Å². The van der Waals surface area contributed by atoms with Crippen LogP contribution in [0, 0.1) is 0 Å². The summed E-state index contributed by atoms with van der Waals surface area (Å²) in [6.45, 7) is 0. The Hall–Kier alpha value is -5.46. The fourth-order valence-corrected chi connectivity index (χ4v) is 7.36. The molecule has 0 radical (unpaired) electrons. The molecule has 8 aromatic rings. The summed E-state index contributed by atoms with van der Waals surface area (Å²) in [6, 6.07) is 54.0. The van der Waals surface area contributed by atoms with Crippen LogP contribution in [0.2, 0.25) is 0 Å². The zero-order valence-corrected chi connectivity index (χ0v) is 24.4. The first-order valence-electron chi connectivity index (χ1n) is 15.6. The molecule has 0 fully saturated rings. The van der Waals surface area contributed by atoms with E-state index >= 15 is 0 Å². The van der Waals surface area contributed by atoms with E-state index in [9.17, 15) is 0 Å². The maximum atomic E-state index is 2.40. The van der Waals surface area contributed by atoms with Crippen LogP contribution in [0.4, 0.5) is 0 Å². The Morgan fingerprint density at radius 2 is 0.932 bits per heavy atom. The van der Waals surface area contributed by atoms with Gasteiger partial charge in [0.25, 0.3) is 0 Å². The predicted octanol–water partition coefficient (Wildman–Crippen LogP) is 12.3. The van der Waals surface area contributed by atoms with E-state index in [1.165, 1.54) is 87.6 Å². The molecular formula is C44H30. The minimum absolute atomic E-state index is 1.13. The van der Waals surface area contributed by atoms with E-state index in [4.69, 9.17) is 0 Å². The Kier molecular flexibility index (Phi) is 5.74. The van der Waals surface area contributed by atoms with Gasteiger partial charge < -0.3 is 0 Å². The van der Waals surface area contributed by atoms with Crippen LogP contribution in [0.5, 0.6) is 0 Å². The van der Waals surface area contributed by atoms with E-state index in [0.29, 0.717) is 0 Å². The van der Waals surface area contributed by atoms with Crippen LogP contribution < -0.4 is 0 Å². The summed E-state index contributed by atoms with van der Waals surface area (Å²) in [5.74, 6) is 0. The lowest BCUT2D eigenvalue weighted by Crippen LogP contribution is -1.95. The van der Waals surface area contributed by atoms with Crippen molar-refractivity contribution in [3.05, 3.63) is 163 Å².